The fourth-order valence-corrected chi connectivity index (χ4v) is 4.04. The third-order valence-electron chi connectivity index (χ3n) is 4.85. The Balaban J connectivity index is 1.51. The zero-order valence-corrected chi connectivity index (χ0v) is 22.0. The lowest BCUT2D eigenvalue weighted by Gasteiger charge is -2.26. The molecule has 3 aromatic rings. The van der Waals surface area contributed by atoms with Gasteiger partial charge < -0.3 is 34.6 Å². The van der Waals surface area contributed by atoms with Crippen molar-refractivity contribution in [3.63, 3.8) is 0 Å². The molecule has 5 N–H and O–H groups in total. The maximum absolute atomic E-state index is 12.7. The molecule has 0 radical (unpaired) electrons. The van der Waals surface area contributed by atoms with Crippen molar-refractivity contribution in [2.45, 2.75) is 32.0 Å². The molecule has 39 heavy (non-hydrogen) atoms. The molecule has 0 spiro atoms. The number of hydrogen-bond acceptors (Lipinski definition) is 13. The smallest absolute Gasteiger partial charge is 0.412 e. The summed E-state index contributed by atoms with van der Waals surface area (Å²) in [6, 6.07) is 15.3. The molecular weight excluding hydrogens is 560 g/mol. The first-order chi connectivity index (χ1) is 18.6. The molecule has 2 aromatic carbocycles. The van der Waals surface area contributed by atoms with Crippen molar-refractivity contribution in [2.75, 3.05) is 6.54 Å². The minimum atomic E-state index is -3.68. The van der Waals surface area contributed by atoms with E-state index in [0.717, 1.165) is 5.56 Å². The highest BCUT2D eigenvalue weighted by atomic mass is 31.2. The molecule has 2 atom stereocenters. The van der Waals surface area contributed by atoms with Gasteiger partial charge in [-0.15, -0.1) is 5.10 Å². The summed E-state index contributed by atoms with van der Waals surface area (Å²) in [7, 11) is -6.78. The number of aliphatic hydroxyl groups is 1. The number of nitrogens with one attached hydrogen (secondary N) is 1. The Hall–Kier alpha value is -3.33. The Morgan fingerprint density at radius 1 is 1.10 bits per heavy atom. The summed E-state index contributed by atoms with van der Waals surface area (Å²) in [6.45, 7) is -0.434. The lowest BCUT2D eigenvalue weighted by molar-refractivity contribution is -0.279. The number of hydrogen-bond donors (Lipinski definition) is 5. The highest BCUT2D eigenvalue weighted by Gasteiger charge is 2.34. The Kier molecular flexibility index (Phi) is 11.4. The van der Waals surface area contributed by atoms with Gasteiger partial charge in [0.1, 0.15) is 11.3 Å². The molecule has 0 saturated carbocycles. The largest absolute Gasteiger partial charge is 0.439 e. The van der Waals surface area contributed by atoms with Gasteiger partial charge in [-0.25, -0.2) is 9.59 Å². The van der Waals surface area contributed by atoms with E-state index in [4.69, 9.17) is 24.2 Å². The number of carbonyl (C=O) groups excluding carboxylic acids is 2. The van der Waals surface area contributed by atoms with Gasteiger partial charge in [0, 0.05) is 19.4 Å². The first-order valence-electron chi connectivity index (χ1n) is 11.2. The van der Waals surface area contributed by atoms with Crippen molar-refractivity contribution in [2.24, 2.45) is 0 Å². The lowest BCUT2D eigenvalue weighted by atomic mass is 10.1. The average molecular weight is 585 g/mol. The van der Waals surface area contributed by atoms with Gasteiger partial charge in [-0.3, -0.25) is 13.6 Å². The zero-order chi connectivity index (χ0) is 28.3. The van der Waals surface area contributed by atoms with Crippen molar-refractivity contribution >= 4 is 28.9 Å². The number of esters is 1. The van der Waals surface area contributed by atoms with Crippen molar-refractivity contribution < 1.29 is 52.5 Å². The Labute approximate surface area is 223 Å². The second kappa shape index (κ2) is 14.7. The predicted octanol–water partition coefficient (Wildman–Crippen LogP) is 1.22. The van der Waals surface area contributed by atoms with Crippen LogP contribution in [-0.4, -0.2) is 64.6 Å². The van der Waals surface area contributed by atoms with Crippen LogP contribution in [0.3, 0.4) is 0 Å². The maximum atomic E-state index is 12.7. The molecular formula is C21H25N5O11P2. The van der Waals surface area contributed by atoms with Gasteiger partial charge in [0.15, 0.2) is 12.6 Å². The van der Waals surface area contributed by atoms with Crippen LogP contribution in [0, 0.1) is 0 Å². The first-order valence-corrected chi connectivity index (χ1v) is 13.6. The summed E-state index contributed by atoms with van der Waals surface area (Å²) in [5.41, 5.74) is 0.916. The number of tetrazole rings is 1. The number of amides is 1. The zero-order valence-electron chi connectivity index (χ0n) is 20.1. The number of nitrogens with zero attached hydrogens (tertiary/aromatic N) is 4. The van der Waals surface area contributed by atoms with E-state index in [1.165, 1.54) is 22.9 Å². The highest BCUT2D eigenvalue weighted by molar-refractivity contribution is 7.39. The molecule has 0 fully saturated rings. The molecule has 16 nitrogen and oxygen atoms in total. The summed E-state index contributed by atoms with van der Waals surface area (Å²) < 4.78 is 31.3. The van der Waals surface area contributed by atoms with Gasteiger partial charge in [-0.2, -0.15) is 4.68 Å². The highest BCUT2D eigenvalue weighted by Crippen LogP contribution is 2.38. The van der Waals surface area contributed by atoms with Crippen molar-refractivity contribution in [3.05, 3.63) is 71.5 Å². The van der Waals surface area contributed by atoms with Crippen molar-refractivity contribution in [1.29, 1.82) is 0 Å². The number of benzene rings is 2. The van der Waals surface area contributed by atoms with Crippen LogP contribution in [-0.2, 0) is 31.5 Å². The Morgan fingerprint density at radius 3 is 2.54 bits per heavy atom. The monoisotopic (exact) mass is 585 g/mol. The second-order valence-corrected chi connectivity index (χ2v) is 9.08. The molecule has 1 amide bonds. The normalized spacial score (nSPS) is 13.5. The summed E-state index contributed by atoms with van der Waals surface area (Å²) in [4.78, 5) is 51.6. The van der Waals surface area contributed by atoms with Crippen LogP contribution in [0.25, 0.3) is 0 Å². The molecule has 2 unspecified atom stereocenters. The van der Waals surface area contributed by atoms with Gasteiger partial charge in [0.05, 0.1) is 0 Å². The fourth-order valence-electron chi connectivity index (χ4n) is 3.17. The third-order valence-corrected chi connectivity index (χ3v) is 5.79. The molecule has 0 aliphatic heterocycles. The third kappa shape index (κ3) is 10.1. The van der Waals surface area contributed by atoms with E-state index in [9.17, 15) is 19.3 Å². The van der Waals surface area contributed by atoms with Gasteiger partial charge in [-0.05, 0) is 34.5 Å². The van der Waals surface area contributed by atoms with Crippen LogP contribution in [0.5, 0.6) is 5.75 Å². The van der Waals surface area contributed by atoms with E-state index >= 15 is 0 Å². The quantitative estimate of drug-likeness (QED) is 0.0776. The predicted molar refractivity (Wildman–Crippen MR) is 132 cm³/mol. The van der Waals surface area contributed by atoms with Gasteiger partial charge in [0.25, 0.3) is 5.97 Å². The Morgan fingerprint density at radius 2 is 1.82 bits per heavy atom. The van der Waals surface area contributed by atoms with E-state index < -0.39 is 41.3 Å². The summed E-state index contributed by atoms with van der Waals surface area (Å²) in [5.74, 6) is -3.18. The van der Waals surface area contributed by atoms with E-state index in [2.05, 4.69) is 29.9 Å². The number of para-hydroxylation sites is 1. The molecule has 210 valence electrons. The van der Waals surface area contributed by atoms with Gasteiger partial charge in [-0.1, -0.05) is 42.5 Å². The molecule has 0 saturated heterocycles. The summed E-state index contributed by atoms with van der Waals surface area (Å²) >= 11 is 0. The van der Waals surface area contributed by atoms with Crippen LogP contribution in [0.4, 0.5) is 4.79 Å². The topological polar surface area (TPSA) is 225 Å². The Bertz CT molecular complexity index is 1260. The molecule has 1 aromatic heterocycles. The second-order valence-electron chi connectivity index (χ2n) is 7.66. The van der Waals surface area contributed by atoms with E-state index in [1.807, 2.05) is 30.3 Å². The summed E-state index contributed by atoms with van der Waals surface area (Å²) in [6.07, 6.45) is -1.14. The summed E-state index contributed by atoms with van der Waals surface area (Å²) in [5, 5.41) is 23.7. The molecule has 0 aliphatic carbocycles. The molecule has 0 bridgehead atoms. The molecule has 1 heterocycles. The van der Waals surface area contributed by atoms with Gasteiger partial charge >= 0.3 is 28.9 Å². The van der Waals surface area contributed by atoms with Crippen molar-refractivity contribution in [3.8, 4) is 5.75 Å². The average Bonchev–Trinajstić information content (AvgIpc) is 3.32. The van der Waals surface area contributed by atoms with E-state index in [1.54, 1.807) is 6.07 Å². The lowest BCUT2D eigenvalue weighted by Crippen LogP contribution is -2.34. The standard InChI is InChI=1S/C21H25N5O11P2/c27-19(34-14-26-18(23-24-25-26)13-15-7-2-1-3-8-15)16-9-4-5-10-17(16)35-20(28)22-12-6-11-21(29,36-38(30)31)37-39(32)33/h1-5,7-10,29-31,39H,6,11-14H2,(H,22,28)(H,32,33). The van der Waals surface area contributed by atoms with Gasteiger partial charge in [0.2, 0.25) is 0 Å². The van der Waals surface area contributed by atoms with Crippen LogP contribution >= 0.6 is 16.9 Å². The van der Waals surface area contributed by atoms with Crippen molar-refractivity contribution in [1.82, 2.24) is 25.5 Å². The number of aromatic nitrogens is 4. The number of rotatable bonds is 14. The molecule has 18 heteroatoms. The first kappa shape index (κ1) is 30.2. The van der Waals surface area contributed by atoms with E-state index in [0.29, 0.717) is 12.2 Å². The number of ether oxygens (including phenoxy) is 2. The fraction of sp³-hybridized carbons (Fsp3) is 0.286. The van der Waals surface area contributed by atoms with Crippen LogP contribution in [0.1, 0.15) is 34.6 Å². The molecule has 0 aliphatic rings. The molecule has 3 rings (SSSR count). The minimum Gasteiger partial charge on any atom is -0.439 e. The SMILES string of the molecule is O=C(NCCCC(O)(OP(O)O)O[PH](=O)O)Oc1ccccc1C(=O)OCn1nnnc1Cc1ccccc1. The van der Waals surface area contributed by atoms with E-state index in [-0.39, 0.29) is 31.0 Å². The minimum absolute atomic E-state index is 0.0474. The number of carbonyl (C=O) groups is 2. The maximum Gasteiger partial charge on any atom is 0.412 e. The van der Waals surface area contributed by atoms with Crippen LogP contribution in [0.2, 0.25) is 0 Å². The van der Waals surface area contributed by atoms with Crippen LogP contribution < -0.4 is 10.1 Å². The van der Waals surface area contributed by atoms with Crippen LogP contribution in [0.15, 0.2) is 54.6 Å².